The van der Waals surface area contributed by atoms with Gasteiger partial charge >= 0.3 is 7.82 Å². The molecule has 0 aliphatic heterocycles. The Labute approximate surface area is 321 Å². The zero-order chi connectivity index (χ0) is 38.6. The summed E-state index contributed by atoms with van der Waals surface area (Å²) in [7, 11) is 1.56. The monoisotopic (exact) mass is 756 g/mol. The third kappa shape index (κ3) is 37.1. The van der Waals surface area contributed by atoms with E-state index < -0.39 is 20.0 Å². The summed E-state index contributed by atoms with van der Waals surface area (Å²) in [6.45, 7) is 4.77. The molecule has 0 aromatic heterocycles. The third-order valence-corrected chi connectivity index (χ3v) is 10.3. The number of quaternary nitrogens is 1. The summed E-state index contributed by atoms with van der Waals surface area (Å²) >= 11 is 0. The van der Waals surface area contributed by atoms with E-state index in [1.54, 1.807) is 6.08 Å². The number of nitrogens with zero attached hydrogens (tertiary/aromatic N) is 1. The van der Waals surface area contributed by atoms with Crippen molar-refractivity contribution in [3.63, 3.8) is 0 Å². The topological polar surface area (TPSA) is 105 Å². The number of hydrogen-bond donors (Lipinski definition) is 3. The van der Waals surface area contributed by atoms with E-state index in [4.69, 9.17) is 9.05 Å². The number of carbonyl (C=O) groups excluding carboxylic acids is 1. The summed E-state index contributed by atoms with van der Waals surface area (Å²) in [5, 5.41) is 13.8. The first-order valence-corrected chi connectivity index (χ1v) is 22.9. The molecule has 0 radical (unpaired) electrons. The summed E-state index contributed by atoms with van der Waals surface area (Å²) in [4.78, 5) is 23.1. The standard InChI is InChI=1S/C43H83N2O6P/c1-6-8-10-12-14-16-18-20-21-22-23-25-27-29-31-33-35-37-43(47)44-41(40-51-52(48,49)50-39-38-45(3,4)5)42(46)36-34-32-30-28-26-24-19-17-15-13-11-9-7-2/h14,16,20-21,34,36,41-42,46H,6-13,15,17-19,22-33,35,37-40H2,1-5H3,(H-,44,47,48,49)/p+1/b16-14-,21-20-,36-34+. The van der Waals surface area contributed by atoms with Crippen LogP contribution in [0, 0.1) is 0 Å². The Morgan fingerprint density at radius 1 is 0.654 bits per heavy atom. The van der Waals surface area contributed by atoms with Crippen LogP contribution in [-0.4, -0.2) is 73.4 Å². The van der Waals surface area contributed by atoms with Crippen molar-refractivity contribution in [1.29, 1.82) is 0 Å². The van der Waals surface area contributed by atoms with E-state index in [9.17, 15) is 19.4 Å². The molecule has 0 aromatic carbocycles. The molecule has 3 atom stereocenters. The van der Waals surface area contributed by atoms with Gasteiger partial charge in [0.25, 0.3) is 0 Å². The molecular weight excluding hydrogens is 671 g/mol. The number of amides is 1. The fraction of sp³-hybridized carbons (Fsp3) is 0.837. The molecule has 0 aliphatic rings. The molecule has 0 saturated carbocycles. The second-order valence-corrected chi connectivity index (χ2v) is 17.2. The van der Waals surface area contributed by atoms with Gasteiger partial charge in [0.2, 0.25) is 5.91 Å². The van der Waals surface area contributed by atoms with Gasteiger partial charge in [-0.3, -0.25) is 13.8 Å². The van der Waals surface area contributed by atoms with Crippen LogP contribution in [-0.2, 0) is 18.4 Å². The van der Waals surface area contributed by atoms with Crippen molar-refractivity contribution in [2.75, 3.05) is 40.9 Å². The van der Waals surface area contributed by atoms with Crippen LogP contribution in [0.4, 0.5) is 0 Å². The maximum absolute atomic E-state index is 12.8. The Morgan fingerprint density at radius 3 is 1.62 bits per heavy atom. The Morgan fingerprint density at radius 2 is 1.10 bits per heavy atom. The lowest BCUT2D eigenvalue weighted by atomic mass is 10.0. The average molecular weight is 756 g/mol. The largest absolute Gasteiger partial charge is 0.472 e. The minimum absolute atomic E-state index is 0.0594. The molecule has 52 heavy (non-hydrogen) atoms. The second kappa shape index (κ2) is 35.4. The van der Waals surface area contributed by atoms with E-state index in [0.29, 0.717) is 17.4 Å². The van der Waals surface area contributed by atoms with Crippen LogP contribution in [0.1, 0.15) is 181 Å². The number of unbranched alkanes of at least 4 members (excludes halogenated alkanes) is 21. The molecule has 0 aromatic rings. The van der Waals surface area contributed by atoms with Gasteiger partial charge in [-0.1, -0.05) is 159 Å². The van der Waals surface area contributed by atoms with Gasteiger partial charge in [-0.15, -0.1) is 0 Å². The molecule has 9 heteroatoms. The van der Waals surface area contributed by atoms with E-state index in [0.717, 1.165) is 51.4 Å². The van der Waals surface area contributed by atoms with E-state index >= 15 is 0 Å². The highest BCUT2D eigenvalue weighted by Gasteiger charge is 2.27. The van der Waals surface area contributed by atoms with Gasteiger partial charge in [-0.25, -0.2) is 4.57 Å². The fourth-order valence-corrected chi connectivity index (χ4v) is 6.63. The summed E-state index contributed by atoms with van der Waals surface area (Å²) in [5.41, 5.74) is 0. The van der Waals surface area contributed by atoms with E-state index in [1.165, 1.54) is 109 Å². The lowest BCUT2D eigenvalue weighted by Gasteiger charge is -2.25. The summed E-state index contributed by atoms with van der Waals surface area (Å²) in [6, 6.07) is -0.848. The van der Waals surface area contributed by atoms with Crippen LogP contribution in [0.15, 0.2) is 36.5 Å². The Kier molecular flexibility index (Phi) is 34.6. The lowest BCUT2D eigenvalue weighted by Crippen LogP contribution is -2.45. The smallest absolute Gasteiger partial charge is 0.387 e. The predicted molar refractivity (Wildman–Crippen MR) is 221 cm³/mol. The summed E-state index contributed by atoms with van der Waals surface area (Å²) in [6.07, 6.45) is 42.0. The first-order valence-electron chi connectivity index (χ1n) is 21.4. The highest BCUT2D eigenvalue weighted by molar-refractivity contribution is 7.47. The third-order valence-electron chi connectivity index (χ3n) is 9.35. The van der Waals surface area contributed by atoms with Crippen LogP contribution < -0.4 is 5.32 Å². The molecule has 0 bridgehead atoms. The number of nitrogens with one attached hydrogen (secondary N) is 1. The number of allylic oxidation sites excluding steroid dienone is 5. The molecule has 8 nitrogen and oxygen atoms in total. The number of aliphatic hydroxyl groups is 1. The van der Waals surface area contributed by atoms with E-state index in [2.05, 4.69) is 43.5 Å². The van der Waals surface area contributed by atoms with Gasteiger partial charge in [-0.05, 0) is 51.4 Å². The average Bonchev–Trinajstić information content (AvgIpc) is 3.09. The van der Waals surface area contributed by atoms with Crippen molar-refractivity contribution >= 4 is 13.7 Å². The summed E-state index contributed by atoms with van der Waals surface area (Å²) < 4.78 is 23.5. The van der Waals surface area contributed by atoms with Crippen molar-refractivity contribution in [3.8, 4) is 0 Å². The molecule has 1 amide bonds. The molecule has 0 saturated heterocycles. The second-order valence-electron chi connectivity index (χ2n) is 15.7. The molecule has 3 N–H and O–H groups in total. The van der Waals surface area contributed by atoms with Gasteiger partial charge in [0.05, 0.1) is 39.9 Å². The lowest BCUT2D eigenvalue weighted by molar-refractivity contribution is -0.870. The minimum Gasteiger partial charge on any atom is -0.387 e. The molecule has 3 unspecified atom stereocenters. The first kappa shape index (κ1) is 50.7. The van der Waals surface area contributed by atoms with E-state index in [-0.39, 0.29) is 19.1 Å². The normalized spacial score (nSPS) is 14.8. The number of phosphoric acid groups is 1. The van der Waals surface area contributed by atoms with E-state index in [1.807, 2.05) is 27.2 Å². The molecule has 0 heterocycles. The van der Waals surface area contributed by atoms with Gasteiger partial charge < -0.3 is 19.8 Å². The number of aliphatic hydroxyl groups excluding tert-OH is 1. The maximum atomic E-state index is 12.8. The first-order chi connectivity index (χ1) is 25.0. The van der Waals surface area contributed by atoms with Crippen LogP contribution in [0.5, 0.6) is 0 Å². The molecule has 306 valence electrons. The quantitative estimate of drug-likeness (QED) is 0.0251. The number of carbonyl (C=O) groups is 1. The Balaban J connectivity index is 4.46. The zero-order valence-corrected chi connectivity index (χ0v) is 35.4. The van der Waals surface area contributed by atoms with Gasteiger partial charge in [-0.2, -0.15) is 0 Å². The van der Waals surface area contributed by atoms with Crippen LogP contribution in [0.25, 0.3) is 0 Å². The van der Waals surface area contributed by atoms with Crippen molar-refractivity contribution in [2.24, 2.45) is 0 Å². The van der Waals surface area contributed by atoms with Gasteiger partial charge in [0, 0.05) is 6.42 Å². The van der Waals surface area contributed by atoms with Gasteiger partial charge in [0.15, 0.2) is 0 Å². The molecule has 0 fully saturated rings. The Hall–Kier alpha value is -1.28. The Bertz CT molecular complexity index is 948. The highest BCUT2D eigenvalue weighted by Crippen LogP contribution is 2.43. The van der Waals surface area contributed by atoms with Gasteiger partial charge in [0.1, 0.15) is 13.2 Å². The minimum atomic E-state index is -4.33. The number of hydrogen-bond acceptors (Lipinski definition) is 5. The predicted octanol–water partition coefficient (Wildman–Crippen LogP) is 11.5. The van der Waals surface area contributed by atoms with Crippen molar-refractivity contribution in [1.82, 2.24) is 5.32 Å². The highest BCUT2D eigenvalue weighted by atomic mass is 31.2. The molecular formula is C43H84N2O6P+. The summed E-state index contributed by atoms with van der Waals surface area (Å²) in [5.74, 6) is -0.187. The zero-order valence-electron chi connectivity index (χ0n) is 34.5. The maximum Gasteiger partial charge on any atom is 0.472 e. The van der Waals surface area contributed by atoms with Crippen molar-refractivity contribution in [2.45, 2.75) is 193 Å². The number of phosphoric ester groups is 1. The molecule has 0 spiro atoms. The number of rotatable bonds is 38. The van der Waals surface area contributed by atoms with Crippen LogP contribution in [0.3, 0.4) is 0 Å². The SMILES string of the molecule is CCCCC/C=C\C/C=C\CCCCCCCCCC(=O)NC(COP(=O)(O)OCC[N+](C)(C)C)C(O)/C=C/CCCCCCCCCCCCC. The molecule has 0 rings (SSSR count). The number of likely N-dealkylation sites (N-methyl/N-ethyl adjacent to an activating group) is 1. The van der Waals surface area contributed by atoms with Crippen molar-refractivity contribution < 1.29 is 32.9 Å². The fourth-order valence-electron chi connectivity index (χ4n) is 5.89. The van der Waals surface area contributed by atoms with Crippen LogP contribution >= 0.6 is 7.82 Å². The van der Waals surface area contributed by atoms with Crippen LogP contribution in [0.2, 0.25) is 0 Å². The van der Waals surface area contributed by atoms with Crippen molar-refractivity contribution in [3.05, 3.63) is 36.5 Å². The molecule has 0 aliphatic carbocycles.